The van der Waals surface area contributed by atoms with Gasteiger partial charge in [-0.25, -0.2) is 9.67 Å². The van der Waals surface area contributed by atoms with E-state index in [2.05, 4.69) is 65.6 Å². The summed E-state index contributed by atoms with van der Waals surface area (Å²) >= 11 is 1.36. The van der Waals surface area contributed by atoms with Crippen LogP contribution in [0, 0.1) is 27.7 Å². The summed E-state index contributed by atoms with van der Waals surface area (Å²) in [5.41, 5.74) is 6.90. The summed E-state index contributed by atoms with van der Waals surface area (Å²) in [6.45, 7) is 10.7. The lowest BCUT2D eigenvalue weighted by Gasteiger charge is -2.12. The number of nitrogens with zero attached hydrogens (tertiary/aromatic N) is 4. The quantitative estimate of drug-likeness (QED) is 0.445. The lowest BCUT2D eigenvalue weighted by atomic mass is 10.0. The summed E-state index contributed by atoms with van der Waals surface area (Å²) in [7, 11) is 0. The van der Waals surface area contributed by atoms with E-state index in [0.29, 0.717) is 27.8 Å². The molecule has 2 aromatic carbocycles. The average molecular weight is 446 g/mol. The Bertz CT molecular complexity index is 1260. The van der Waals surface area contributed by atoms with E-state index in [0.717, 1.165) is 11.4 Å². The molecule has 0 spiro atoms. The molecule has 4 rings (SSSR count). The monoisotopic (exact) mass is 445 g/mol. The zero-order valence-electron chi connectivity index (χ0n) is 19.0. The SMILES string of the molecule is Cc1ccc(-n2nnc(-c3nc(C)c(C(=O)NCC(C)c4ccccc4)s3)c2C)cc1C. The van der Waals surface area contributed by atoms with Gasteiger partial charge in [0, 0.05) is 6.54 Å². The molecule has 7 heteroatoms. The van der Waals surface area contributed by atoms with Crippen LogP contribution in [0.5, 0.6) is 0 Å². The topological polar surface area (TPSA) is 72.7 Å². The number of rotatable bonds is 6. The number of hydrogen-bond acceptors (Lipinski definition) is 5. The van der Waals surface area contributed by atoms with Crippen LogP contribution in [0.4, 0.5) is 0 Å². The maximum atomic E-state index is 12.8. The second kappa shape index (κ2) is 9.04. The molecule has 0 fully saturated rings. The molecule has 1 unspecified atom stereocenters. The lowest BCUT2D eigenvalue weighted by Crippen LogP contribution is -2.27. The second-order valence-corrected chi connectivity index (χ2v) is 9.16. The second-order valence-electron chi connectivity index (χ2n) is 8.16. The van der Waals surface area contributed by atoms with E-state index in [4.69, 9.17) is 0 Å². The smallest absolute Gasteiger partial charge is 0.263 e. The number of hydrogen-bond donors (Lipinski definition) is 1. The molecule has 1 N–H and O–H groups in total. The predicted octanol–water partition coefficient (Wildman–Crippen LogP) is 5.16. The van der Waals surface area contributed by atoms with Crippen LogP contribution in [0.15, 0.2) is 48.5 Å². The minimum atomic E-state index is -0.103. The molecule has 0 saturated heterocycles. The highest BCUT2D eigenvalue weighted by Gasteiger charge is 2.21. The summed E-state index contributed by atoms with van der Waals surface area (Å²) in [5.74, 6) is 0.126. The summed E-state index contributed by atoms with van der Waals surface area (Å²) in [6, 6.07) is 16.4. The number of benzene rings is 2. The van der Waals surface area contributed by atoms with E-state index in [1.165, 1.54) is 28.0 Å². The van der Waals surface area contributed by atoms with Crippen molar-refractivity contribution in [2.24, 2.45) is 0 Å². The fraction of sp³-hybridized carbons (Fsp3) is 0.280. The molecule has 0 saturated carbocycles. The zero-order valence-corrected chi connectivity index (χ0v) is 19.8. The molecular formula is C25H27N5OS. The van der Waals surface area contributed by atoms with Crippen molar-refractivity contribution in [3.8, 4) is 16.4 Å². The van der Waals surface area contributed by atoms with Gasteiger partial charge >= 0.3 is 0 Å². The number of thiazole rings is 1. The van der Waals surface area contributed by atoms with Crippen molar-refractivity contribution in [2.45, 2.75) is 40.5 Å². The van der Waals surface area contributed by atoms with Gasteiger partial charge in [0.05, 0.1) is 17.1 Å². The number of aryl methyl sites for hydroxylation is 3. The Morgan fingerprint density at radius 3 is 2.53 bits per heavy atom. The minimum Gasteiger partial charge on any atom is -0.351 e. The summed E-state index contributed by atoms with van der Waals surface area (Å²) in [5, 5.41) is 12.5. The molecule has 0 radical (unpaired) electrons. The third-order valence-corrected chi connectivity index (χ3v) is 6.94. The Hall–Kier alpha value is -3.32. The zero-order chi connectivity index (χ0) is 22.8. The average Bonchev–Trinajstić information content (AvgIpc) is 3.36. The first-order valence-electron chi connectivity index (χ1n) is 10.7. The number of carbonyl (C=O) groups excluding carboxylic acids is 1. The number of carbonyl (C=O) groups is 1. The Balaban J connectivity index is 1.53. The van der Waals surface area contributed by atoms with Gasteiger partial charge in [0.2, 0.25) is 0 Å². The minimum absolute atomic E-state index is 0.103. The first-order chi connectivity index (χ1) is 15.3. The molecule has 1 amide bonds. The van der Waals surface area contributed by atoms with Crippen LogP contribution in [0.25, 0.3) is 16.4 Å². The Kier molecular flexibility index (Phi) is 6.19. The van der Waals surface area contributed by atoms with Gasteiger partial charge in [-0.15, -0.1) is 16.4 Å². The molecule has 1 atom stereocenters. The maximum absolute atomic E-state index is 12.8. The molecule has 4 aromatic rings. The van der Waals surface area contributed by atoms with E-state index in [1.54, 1.807) is 0 Å². The largest absolute Gasteiger partial charge is 0.351 e. The van der Waals surface area contributed by atoms with Gasteiger partial charge in [-0.3, -0.25) is 4.79 Å². The molecule has 0 aliphatic rings. The highest BCUT2D eigenvalue weighted by Crippen LogP contribution is 2.30. The van der Waals surface area contributed by atoms with Crippen LogP contribution in [-0.4, -0.2) is 32.4 Å². The molecule has 0 aliphatic carbocycles. The van der Waals surface area contributed by atoms with Gasteiger partial charge in [-0.1, -0.05) is 48.5 Å². The third-order valence-electron chi connectivity index (χ3n) is 5.77. The fourth-order valence-corrected chi connectivity index (χ4v) is 4.58. The van der Waals surface area contributed by atoms with Crippen molar-refractivity contribution in [3.63, 3.8) is 0 Å². The Morgan fingerprint density at radius 1 is 1.06 bits per heavy atom. The van der Waals surface area contributed by atoms with Crippen LogP contribution >= 0.6 is 11.3 Å². The lowest BCUT2D eigenvalue weighted by molar-refractivity contribution is 0.0955. The molecule has 164 valence electrons. The maximum Gasteiger partial charge on any atom is 0.263 e. The van der Waals surface area contributed by atoms with Crippen LogP contribution in [0.2, 0.25) is 0 Å². The number of amides is 1. The Morgan fingerprint density at radius 2 is 1.81 bits per heavy atom. The normalized spacial score (nSPS) is 12.0. The van der Waals surface area contributed by atoms with Crippen LogP contribution in [0.1, 0.15) is 50.6 Å². The van der Waals surface area contributed by atoms with Crippen LogP contribution < -0.4 is 5.32 Å². The summed E-state index contributed by atoms with van der Waals surface area (Å²) < 4.78 is 1.82. The fourth-order valence-electron chi connectivity index (χ4n) is 3.56. The highest BCUT2D eigenvalue weighted by atomic mass is 32.1. The van der Waals surface area contributed by atoms with Crippen molar-refractivity contribution >= 4 is 17.2 Å². The molecule has 0 bridgehead atoms. The van der Waals surface area contributed by atoms with E-state index in [9.17, 15) is 4.79 Å². The van der Waals surface area contributed by atoms with Gasteiger partial charge in [-0.05, 0) is 62.4 Å². The van der Waals surface area contributed by atoms with Gasteiger partial charge < -0.3 is 5.32 Å². The van der Waals surface area contributed by atoms with Crippen molar-refractivity contribution in [1.29, 1.82) is 0 Å². The Labute approximate surface area is 192 Å². The molecule has 6 nitrogen and oxygen atoms in total. The van der Waals surface area contributed by atoms with E-state index < -0.39 is 0 Å². The van der Waals surface area contributed by atoms with Crippen molar-refractivity contribution in [1.82, 2.24) is 25.3 Å². The van der Waals surface area contributed by atoms with Gasteiger partial charge in [0.15, 0.2) is 0 Å². The first kappa shape index (κ1) is 21.9. The van der Waals surface area contributed by atoms with E-state index >= 15 is 0 Å². The van der Waals surface area contributed by atoms with Gasteiger partial charge in [-0.2, -0.15) is 0 Å². The molecule has 2 heterocycles. The standard InChI is InChI=1S/C25H27N5OS/c1-15-11-12-21(13-16(15)2)30-19(5)22(28-29-30)25-27-18(4)23(32-25)24(31)26-14-17(3)20-9-7-6-8-10-20/h6-13,17H,14H2,1-5H3,(H,26,31). The third kappa shape index (κ3) is 4.34. The molecule has 0 aliphatic heterocycles. The van der Waals surface area contributed by atoms with Crippen molar-refractivity contribution in [3.05, 3.63) is 81.5 Å². The van der Waals surface area contributed by atoms with E-state index in [1.807, 2.05) is 42.8 Å². The number of nitrogens with one attached hydrogen (secondary N) is 1. The molecular weight excluding hydrogens is 418 g/mol. The van der Waals surface area contributed by atoms with E-state index in [-0.39, 0.29) is 11.8 Å². The van der Waals surface area contributed by atoms with Crippen LogP contribution in [0.3, 0.4) is 0 Å². The van der Waals surface area contributed by atoms with Crippen LogP contribution in [-0.2, 0) is 0 Å². The highest BCUT2D eigenvalue weighted by molar-refractivity contribution is 7.17. The van der Waals surface area contributed by atoms with Gasteiger partial charge in [0.1, 0.15) is 15.6 Å². The molecule has 32 heavy (non-hydrogen) atoms. The summed E-state index contributed by atoms with van der Waals surface area (Å²) in [4.78, 5) is 18.1. The van der Waals surface area contributed by atoms with Crippen molar-refractivity contribution < 1.29 is 4.79 Å². The summed E-state index contributed by atoms with van der Waals surface area (Å²) in [6.07, 6.45) is 0. The number of aromatic nitrogens is 4. The van der Waals surface area contributed by atoms with Crippen molar-refractivity contribution in [2.75, 3.05) is 6.54 Å². The van der Waals surface area contributed by atoms with Gasteiger partial charge in [0.25, 0.3) is 5.91 Å². The predicted molar refractivity (Wildman–Crippen MR) is 129 cm³/mol. The molecule has 2 aromatic heterocycles. The first-order valence-corrected chi connectivity index (χ1v) is 11.5.